The molecule has 8 heteroatoms. The van der Waals surface area contributed by atoms with Gasteiger partial charge in [0.15, 0.2) is 0 Å². The van der Waals surface area contributed by atoms with Gasteiger partial charge >= 0.3 is 5.97 Å². The van der Waals surface area contributed by atoms with Gasteiger partial charge in [0.1, 0.15) is 10.8 Å². The molecule has 2 N–H and O–H groups in total. The van der Waals surface area contributed by atoms with Crippen LogP contribution in [0.15, 0.2) is 35.3 Å². The minimum absolute atomic E-state index is 0.0461. The standard InChI is InChI=1S/C23H26ClN3O4/c1-31-18-5-3-2-4-15(18)11-25-17-12-26-27(21(28)20(17)24)23-9-13-6-14(10-23)8-16(7-13)19(23)22(29)30/h2-5,12-14,16,19,25H,6-11H2,1H3,(H,29,30)/t13-,14+,16?,19-,23?/m0/s1. The molecule has 4 fully saturated rings. The van der Waals surface area contributed by atoms with Crippen LogP contribution >= 0.6 is 11.6 Å². The summed E-state index contributed by atoms with van der Waals surface area (Å²) in [6.45, 7) is 0.421. The number of hydrogen-bond donors (Lipinski definition) is 2. The largest absolute Gasteiger partial charge is 0.496 e. The number of nitrogens with one attached hydrogen (secondary N) is 1. The molecule has 0 radical (unpaired) electrons. The van der Waals surface area contributed by atoms with E-state index < -0.39 is 23.0 Å². The molecule has 4 aliphatic rings. The molecule has 4 bridgehead atoms. The molecule has 4 saturated carbocycles. The smallest absolute Gasteiger partial charge is 0.309 e. The zero-order valence-corrected chi connectivity index (χ0v) is 18.1. The van der Waals surface area contributed by atoms with E-state index in [1.165, 1.54) is 4.68 Å². The predicted octanol–water partition coefficient (Wildman–Crippen LogP) is 3.75. The number of hydrogen-bond acceptors (Lipinski definition) is 5. The lowest BCUT2D eigenvalue weighted by Gasteiger charge is -2.59. The van der Waals surface area contributed by atoms with Gasteiger partial charge in [-0.15, -0.1) is 0 Å². The van der Waals surface area contributed by atoms with Crippen LogP contribution in [0.5, 0.6) is 5.75 Å². The van der Waals surface area contributed by atoms with E-state index in [0.717, 1.165) is 30.6 Å². The minimum atomic E-state index is -0.827. The number of anilines is 1. The Hall–Kier alpha value is -2.54. The summed E-state index contributed by atoms with van der Waals surface area (Å²) >= 11 is 6.49. The fraction of sp³-hybridized carbons (Fsp3) is 0.522. The average molecular weight is 444 g/mol. The Kier molecular flexibility index (Phi) is 4.96. The van der Waals surface area contributed by atoms with Crippen LogP contribution in [0.1, 0.15) is 37.7 Å². The normalized spacial score (nSPS) is 30.9. The summed E-state index contributed by atoms with van der Waals surface area (Å²) in [5.74, 6) is 0.360. The summed E-state index contributed by atoms with van der Waals surface area (Å²) in [6.07, 6.45) is 5.94. The van der Waals surface area contributed by atoms with Gasteiger partial charge < -0.3 is 15.2 Å². The van der Waals surface area contributed by atoms with Crippen molar-refractivity contribution >= 4 is 23.3 Å². The summed E-state index contributed by atoms with van der Waals surface area (Å²) in [5.41, 5.74) is 0.172. The van der Waals surface area contributed by atoms with Crippen molar-refractivity contribution in [1.29, 1.82) is 0 Å². The number of aromatic nitrogens is 2. The number of carbonyl (C=O) groups is 1. The van der Waals surface area contributed by atoms with Crippen molar-refractivity contribution in [3.05, 3.63) is 51.4 Å². The van der Waals surface area contributed by atoms with Crippen molar-refractivity contribution in [2.45, 2.75) is 44.2 Å². The maximum Gasteiger partial charge on any atom is 0.309 e. The third kappa shape index (κ3) is 3.21. The molecule has 6 rings (SSSR count). The second-order valence-corrected chi connectivity index (χ2v) is 9.66. The molecule has 2 aromatic rings. The second-order valence-electron chi connectivity index (χ2n) is 9.28. The van der Waals surface area contributed by atoms with Gasteiger partial charge in [-0.25, -0.2) is 4.68 Å². The molecular formula is C23H26ClN3O4. The first kappa shape index (κ1) is 20.4. The summed E-state index contributed by atoms with van der Waals surface area (Å²) in [5, 5.41) is 17.7. The quantitative estimate of drug-likeness (QED) is 0.706. The molecule has 164 valence electrons. The van der Waals surface area contributed by atoms with Crippen molar-refractivity contribution in [2.24, 2.45) is 23.7 Å². The van der Waals surface area contributed by atoms with Crippen LogP contribution in [0.25, 0.3) is 0 Å². The van der Waals surface area contributed by atoms with E-state index in [1.54, 1.807) is 13.3 Å². The molecule has 4 aliphatic carbocycles. The number of carboxylic acid groups (broad SMARTS) is 1. The van der Waals surface area contributed by atoms with Crippen molar-refractivity contribution in [3.63, 3.8) is 0 Å². The number of aliphatic carboxylic acids is 1. The molecule has 0 spiro atoms. The van der Waals surface area contributed by atoms with Crippen molar-refractivity contribution in [2.75, 3.05) is 12.4 Å². The number of para-hydroxylation sites is 1. The van der Waals surface area contributed by atoms with E-state index in [9.17, 15) is 14.7 Å². The highest BCUT2D eigenvalue weighted by Crippen LogP contribution is 2.61. The lowest BCUT2D eigenvalue weighted by Crippen LogP contribution is -2.63. The van der Waals surface area contributed by atoms with Crippen LogP contribution in [0.4, 0.5) is 5.69 Å². The van der Waals surface area contributed by atoms with E-state index in [0.29, 0.717) is 36.9 Å². The number of methoxy groups -OCH3 is 1. The van der Waals surface area contributed by atoms with E-state index in [1.807, 2.05) is 24.3 Å². The highest BCUT2D eigenvalue weighted by molar-refractivity contribution is 6.32. The molecule has 0 saturated heterocycles. The Balaban J connectivity index is 1.48. The van der Waals surface area contributed by atoms with E-state index >= 15 is 0 Å². The Labute approximate surface area is 185 Å². The van der Waals surface area contributed by atoms with Crippen molar-refractivity contribution in [1.82, 2.24) is 9.78 Å². The van der Waals surface area contributed by atoms with E-state index in [4.69, 9.17) is 16.3 Å². The van der Waals surface area contributed by atoms with Crippen molar-refractivity contribution in [3.8, 4) is 5.75 Å². The first-order chi connectivity index (χ1) is 14.9. The van der Waals surface area contributed by atoms with Gasteiger partial charge in [-0.05, 0) is 55.9 Å². The maximum atomic E-state index is 13.3. The van der Waals surface area contributed by atoms with Gasteiger partial charge in [0.2, 0.25) is 0 Å². The van der Waals surface area contributed by atoms with Crippen LogP contribution in [0.2, 0.25) is 5.02 Å². The zero-order valence-electron chi connectivity index (χ0n) is 17.4. The first-order valence-corrected chi connectivity index (χ1v) is 11.2. The Morgan fingerprint density at radius 2 is 2.00 bits per heavy atom. The fourth-order valence-corrected chi connectivity index (χ4v) is 6.84. The van der Waals surface area contributed by atoms with Gasteiger partial charge in [-0.2, -0.15) is 5.10 Å². The summed E-state index contributed by atoms with van der Waals surface area (Å²) in [4.78, 5) is 25.6. The Morgan fingerprint density at radius 1 is 1.29 bits per heavy atom. The van der Waals surface area contributed by atoms with E-state index in [2.05, 4.69) is 10.4 Å². The molecule has 31 heavy (non-hydrogen) atoms. The Bertz CT molecular complexity index is 1070. The number of benzene rings is 1. The van der Waals surface area contributed by atoms with Crippen LogP contribution in [0, 0.1) is 23.7 Å². The lowest BCUT2D eigenvalue weighted by atomic mass is 9.48. The highest BCUT2D eigenvalue weighted by atomic mass is 35.5. The summed E-state index contributed by atoms with van der Waals surface area (Å²) in [6, 6.07) is 7.61. The number of nitrogens with zero attached hydrogens (tertiary/aromatic N) is 2. The number of ether oxygens (including phenoxy) is 1. The number of halogens is 1. The van der Waals surface area contributed by atoms with Crippen LogP contribution in [-0.4, -0.2) is 28.0 Å². The van der Waals surface area contributed by atoms with Gasteiger partial charge in [0.25, 0.3) is 5.56 Å². The Morgan fingerprint density at radius 3 is 2.68 bits per heavy atom. The third-order valence-electron chi connectivity index (χ3n) is 7.54. The molecule has 5 atom stereocenters. The fourth-order valence-electron chi connectivity index (χ4n) is 6.65. The van der Waals surface area contributed by atoms with Gasteiger partial charge in [0.05, 0.1) is 30.5 Å². The predicted molar refractivity (Wildman–Crippen MR) is 116 cm³/mol. The first-order valence-electron chi connectivity index (χ1n) is 10.8. The molecule has 1 aromatic carbocycles. The molecule has 0 amide bonds. The molecule has 2 unspecified atom stereocenters. The maximum absolute atomic E-state index is 13.3. The van der Waals surface area contributed by atoms with Gasteiger partial charge in [-0.1, -0.05) is 29.8 Å². The molecule has 1 heterocycles. The molecular weight excluding hydrogens is 418 g/mol. The molecule has 0 aliphatic heterocycles. The minimum Gasteiger partial charge on any atom is -0.496 e. The van der Waals surface area contributed by atoms with Crippen LogP contribution in [-0.2, 0) is 16.9 Å². The SMILES string of the molecule is COc1ccccc1CNc1cnn(C23C[C@@H]4CC(C[C@@H](C4)C2)[C@H]3C(=O)O)c(=O)c1Cl. The number of carboxylic acids is 1. The van der Waals surface area contributed by atoms with E-state index in [-0.39, 0.29) is 10.9 Å². The second kappa shape index (κ2) is 7.55. The van der Waals surface area contributed by atoms with Gasteiger partial charge in [-0.3, -0.25) is 9.59 Å². The summed E-state index contributed by atoms with van der Waals surface area (Å²) in [7, 11) is 1.61. The highest BCUT2D eigenvalue weighted by Gasteiger charge is 2.61. The topological polar surface area (TPSA) is 93.4 Å². The number of rotatable bonds is 6. The monoisotopic (exact) mass is 443 g/mol. The van der Waals surface area contributed by atoms with Crippen LogP contribution in [0.3, 0.4) is 0 Å². The summed E-state index contributed by atoms with van der Waals surface area (Å²) < 4.78 is 6.78. The molecule has 1 aromatic heterocycles. The lowest BCUT2D eigenvalue weighted by molar-refractivity contribution is -0.168. The average Bonchev–Trinajstić information content (AvgIpc) is 2.73. The zero-order chi connectivity index (χ0) is 21.8. The molecule has 7 nitrogen and oxygen atoms in total. The van der Waals surface area contributed by atoms with Crippen molar-refractivity contribution < 1.29 is 14.6 Å². The van der Waals surface area contributed by atoms with Crippen LogP contribution < -0.4 is 15.6 Å². The third-order valence-corrected chi connectivity index (χ3v) is 7.91. The van der Waals surface area contributed by atoms with Gasteiger partial charge in [0, 0.05) is 12.1 Å².